The lowest BCUT2D eigenvalue weighted by atomic mass is 9.96. The molecule has 0 radical (unpaired) electrons. The van der Waals surface area contributed by atoms with Crippen LogP contribution in [-0.2, 0) is 13.0 Å². The van der Waals surface area contributed by atoms with E-state index in [4.69, 9.17) is 0 Å². The van der Waals surface area contributed by atoms with E-state index in [9.17, 15) is 4.79 Å². The number of para-hydroxylation sites is 1. The minimum Gasteiger partial charge on any atom is -0.320 e. The summed E-state index contributed by atoms with van der Waals surface area (Å²) < 4.78 is 0. The summed E-state index contributed by atoms with van der Waals surface area (Å²) in [7, 11) is 0. The van der Waals surface area contributed by atoms with Crippen molar-refractivity contribution in [1.82, 2.24) is 30.3 Å². The zero-order valence-corrected chi connectivity index (χ0v) is 16.6. The molecule has 0 saturated carbocycles. The number of hydrogen-bond donors (Lipinski definition) is 2. The van der Waals surface area contributed by atoms with Gasteiger partial charge in [0, 0.05) is 18.0 Å². The molecule has 1 aromatic carbocycles. The number of carbonyl (C=O) groups excluding carboxylic acids is 1. The normalized spacial score (nSPS) is 15.6. The van der Waals surface area contributed by atoms with Crippen LogP contribution in [0.2, 0.25) is 0 Å². The van der Waals surface area contributed by atoms with E-state index in [1.807, 2.05) is 30.3 Å². The summed E-state index contributed by atoms with van der Waals surface area (Å²) in [6.45, 7) is 4.72. The quantitative estimate of drug-likeness (QED) is 0.663. The number of aryl methyl sites for hydroxylation is 1. The third kappa shape index (κ3) is 4.42. The number of aromatic nitrogens is 5. The first-order valence-corrected chi connectivity index (χ1v) is 10.3. The first-order valence-electron chi connectivity index (χ1n) is 9.53. The molecule has 1 aliphatic heterocycles. The lowest BCUT2D eigenvalue weighted by Gasteiger charge is -2.29. The number of anilines is 1. The fraction of sp³-hybridized carbons (Fsp3) is 0.421. The van der Waals surface area contributed by atoms with Crippen molar-refractivity contribution >= 4 is 22.9 Å². The van der Waals surface area contributed by atoms with E-state index in [2.05, 4.69) is 42.5 Å². The van der Waals surface area contributed by atoms with Gasteiger partial charge in [-0.15, -0.1) is 10.2 Å². The first-order chi connectivity index (χ1) is 13.7. The summed E-state index contributed by atoms with van der Waals surface area (Å²) in [5.41, 5.74) is 0.754. The molecule has 0 unspecified atom stereocenters. The largest absolute Gasteiger partial charge is 0.320 e. The molecule has 146 valence electrons. The highest BCUT2D eigenvalue weighted by Crippen LogP contribution is 2.26. The number of amides is 1. The van der Waals surface area contributed by atoms with Crippen molar-refractivity contribution in [3.8, 4) is 0 Å². The van der Waals surface area contributed by atoms with Gasteiger partial charge in [-0.2, -0.15) is 5.10 Å². The molecule has 1 saturated heterocycles. The van der Waals surface area contributed by atoms with Crippen molar-refractivity contribution < 1.29 is 4.79 Å². The highest BCUT2D eigenvalue weighted by Gasteiger charge is 2.24. The molecule has 28 heavy (non-hydrogen) atoms. The molecule has 1 fully saturated rings. The summed E-state index contributed by atoms with van der Waals surface area (Å²) in [5.74, 6) is 2.08. The van der Waals surface area contributed by atoms with E-state index < -0.39 is 0 Å². The van der Waals surface area contributed by atoms with Gasteiger partial charge >= 0.3 is 0 Å². The van der Waals surface area contributed by atoms with Crippen LogP contribution in [0.4, 0.5) is 5.69 Å². The lowest BCUT2D eigenvalue weighted by Crippen LogP contribution is -2.32. The van der Waals surface area contributed by atoms with Crippen LogP contribution in [0.15, 0.2) is 30.3 Å². The number of H-pyrrole nitrogens is 1. The molecule has 0 spiro atoms. The van der Waals surface area contributed by atoms with Crippen LogP contribution in [0.3, 0.4) is 0 Å². The maximum Gasteiger partial charge on any atom is 0.286 e. The van der Waals surface area contributed by atoms with E-state index in [1.165, 1.54) is 11.3 Å². The monoisotopic (exact) mass is 397 g/mol. The Morgan fingerprint density at radius 1 is 1.25 bits per heavy atom. The number of aromatic amines is 1. The van der Waals surface area contributed by atoms with Crippen molar-refractivity contribution in [2.45, 2.75) is 38.6 Å². The fourth-order valence-electron chi connectivity index (χ4n) is 3.31. The van der Waals surface area contributed by atoms with Crippen LogP contribution in [0, 0.1) is 0 Å². The predicted molar refractivity (Wildman–Crippen MR) is 107 cm³/mol. The van der Waals surface area contributed by atoms with Crippen molar-refractivity contribution in [3.63, 3.8) is 0 Å². The fourth-order valence-corrected chi connectivity index (χ4v) is 4.08. The zero-order valence-electron chi connectivity index (χ0n) is 15.8. The second kappa shape index (κ2) is 8.57. The highest BCUT2D eigenvalue weighted by atomic mass is 32.1. The molecular weight excluding hydrogens is 374 g/mol. The number of carbonyl (C=O) groups is 1. The van der Waals surface area contributed by atoms with Crippen molar-refractivity contribution in [1.29, 1.82) is 0 Å². The van der Waals surface area contributed by atoms with E-state index in [0.29, 0.717) is 10.9 Å². The van der Waals surface area contributed by atoms with Gasteiger partial charge in [-0.25, -0.2) is 4.98 Å². The highest BCUT2D eigenvalue weighted by molar-refractivity contribution is 7.13. The molecule has 9 heteroatoms. The van der Waals surface area contributed by atoms with Gasteiger partial charge in [0.15, 0.2) is 5.82 Å². The van der Waals surface area contributed by atoms with Crippen molar-refractivity contribution in [2.75, 3.05) is 18.4 Å². The van der Waals surface area contributed by atoms with Crippen molar-refractivity contribution in [2.24, 2.45) is 0 Å². The second-order valence-corrected chi connectivity index (χ2v) is 7.93. The topological polar surface area (TPSA) is 99.7 Å². The van der Waals surface area contributed by atoms with Crippen LogP contribution in [0.1, 0.15) is 52.1 Å². The maximum atomic E-state index is 12.3. The third-order valence-electron chi connectivity index (χ3n) is 4.89. The summed E-state index contributed by atoms with van der Waals surface area (Å²) >= 11 is 1.35. The number of likely N-dealkylation sites (tertiary alicyclic amines) is 1. The van der Waals surface area contributed by atoms with E-state index in [1.54, 1.807) is 0 Å². The molecule has 3 aromatic rings. The zero-order chi connectivity index (χ0) is 19.3. The van der Waals surface area contributed by atoms with Crippen LogP contribution in [0.5, 0.6) is 0 Å². The van der Waals surface area contributed by atoms with Crippen LogP contribution in [0.25, 0.3) is 0 Å². The van der Waals surface area contributed by atoms with Crippen molar-refractivity contribution in [3.05, 3.63) is 52.0 Å². The number of nitrogens with zero attached hydrogens (tertiary/aromatic N) is 5. The SMILES string of the molecule is CCc1nc(C2CCN(Cc3nnc(C(=O)Nc4ccccc4)s3)CC2)n[nH]1. The average Bonchev–Trinajstić information content (AvgIpc) is 3.39. The Labute approximate surface area is 167 Å². The standard InChI is InChI=1S/C19H23N7OS/c1-2-15-21-17(24-22-15)13-8-10-26(11-9-13)12-16-23-25-19(28-16)18(27)20-14-6-4-3-5-7-14/h3-7,13H,2,8-12H2,1H3,(H,20,27)(H,21,22,24). The van der Waals surface area contributed by atoms with Gasteiger partial charge in [0.05, 0.1) is 6.54 Å². The predicted octanol–water partition coefficient (Wildman–Crippen LogP) is 2.85. The smallest absolute Gasteiger partial charge is 0.286 e. The van der Waals surface area contributed by atoms with Gasteiger partial charge in [-0.1, -0.05) is 36.5 Å². The Bertz CT molecular complexity index is 915. The van der Waals surface area contributed by atoms with E-state index in [-0.39, 0.29) is 5.91 Å². The number of nitrogens with one attached hydrogen (secondary N) is 2. The van der Waals surface area contributed by atoms with Gasteiger partial charge in [0.1, 0.15) is 10.8 Å². The van der Waals surface area contributed by atoms with Gasteiger partial charge < -0.3 is 5.32 Å². The van der Waals surface area contributed by atoms with E-state index in [0.717, 1.165) is 61.2 Å². The molecular formula is C19H23N7OS. The number of piperidine rings is 1. The number of hydrogen-bond acceptors (Lipinski definition) is 7. The van der Waals surface area contributed by atoms with Gasteiger partial charge in [0.2, 0.25) is 5.01 Å². The number of benzene rings is 1. The molecule has 3 heterocycles. The Morgan fingerprint density at radius 2 is 2.04 bits per heavy atom. The van der Waals surface area contributed by atoms with Gasteiger partial charge in [-0.05, 0) is 38.1 Å². The lowest BCUT2D eigenvalue weighted by molar-refractivity contribution is 0.102. The summed E-state index contributed by atoms with van der Waals surface area (Å²) in [6, 6.07) is 9.37. The molecule has 1 amide bonds. The first kappa shape index (κ1) is 18.7. The van der Waals surface area contributed by atoms with Gasteiger partial charge in [0.25, 0.3) is 5.91 Å². The van der Waals surface area contributed by atoms with Crippen LogP contribution < -0.4 is 5.32 Å². The molecule has 1 aliphatic rings. The minimum atomic E-state index is -0.218. The Hall–Kier alpha value is -2.65. The van der Waals surface area contributed by atoms with Crippen LogP contribution in [-0.4, -0.2) is 49.3 Å². The molecule has 8 nitrogen and oxygen atoms in total. The number of rotatable bonds is 6. The summed E-state index contributed by atoms with van der Waals surface area (Å²) in [6.07, 6.45) is 2.94. The second-order valence-electron chi connectivity index (χ2n) is 6.87. The van der Waals surface area contributed by atoms with E-state index >= 15 is 0 Å². The maximum absolute atomic E-state index is 12.3. The summed E-state index contributed by atoms with van der Waals surface area (Å²) in [5, 5.41) is 19.7. The Balaban J connectivity index is 1.29. The molecule has 0 atom stereocenters. The molecule has 2 aromatic heterocycles. The average molecular weight is 398 g/mol. The Morgan fingerprint density at radius 3 is 2.75 bits per heavy atom. The third-order valence-corrected chi connectivity index (χ3v) is 5.80. The molecule has 0 bridgehead atoms. The minimum absolute atomic E-state index is 0.218. The van der Waals surface area contributed by atoms with Gasteiger partial charge in [-0.3, -0.25) is 14.8 Å². The summed E-state index contributed by atoms with van der Waals surface area (Å²) in [4.78, 5) is 19.2. The Kier molecular flexibility index (Phi) is 5.73. The molecule has 0 aliphatic carbocycles. The molecule has 4 rings (SSSR count). The molecule has 2 N–H and O–H groups in total. The van der Waals surface area contributed by atoms with Crippen LogP contribution >= 0.6 is 11.3 Å².